The number of benzene rings is 1. The van der Waals surface area contributed by atoms with E-state index in [9.17, 15) is 10.1 Å². The molecule has 0 spiro atoms. The fraction of sp³-hybridized carbons (Fsp3) is 0.556. The largest absolute Gasteiger partial charge is 0.493 e. The van der Waals surface area contributed by atoms with Gasteiger partial charge < -0.3 is 19.7 Å². The van der Waals surface area contributed by atoms with Gasteiger partial charge in [0.15, 0.2) is 18.0 Å². The first kappa shape index (κ1) is 18.1. The van der Waals surface area contributed by atoms with Gasteiger partial charge in [-0.1, -0.05) is 6.07 Å². The Bertz CT molecular complexity index is 637. The van der Waals surface area contributed by atoms with E-state index in [0.29, 0.717) is 24.6 Å². The zero-order valence-electron chi connectivity index (χ0n) is 14.8. The molecule has 1 aromatic carbocycles. The van der Waals surface area contributed by atoms with Crippen LogP contribution in [-0.2, 0) is 11.3 Å². The molecule has 1 saturated carbocycles. The van der Waals surface area contributed by atoms with E-state index in [2.05, 4.69) is 11.4 Å². The van der Waals surface area contributed by atoms with Crippen LogP contribution in [0.1, 0.15) is 25.3 Å². The molecular formula is C18H26N3O3+. The van der Waals surface area contributed by atoms with Gasteiger partial charge in [-0.2, -0.15) is 5.26 Å². The molecule has 130 valence electrons. The summed E-state index contributed by atoms with van der Waals surface area (Å²) in [5.41, 5.74) is 0.234. The van der Waals surface area contributed by atoms with Crippen molar-refractivity contribution in [2.45, 2.75) is 31.8 Å². The minimum absolute atomic E-state index is 0.106. The lowest BCUT2D eigenvalue weighted by molar-refractivity contribution is -0.885. The fourth-order valence-corrected chi connectivity index (χ4v) is 2.97. The quantitative estimate of drug-likeness (QED) is 0.728. The average Bonchev–Trinajstić information content (AvgIpc) is 3.39. The third-order valence-electron chi connectivity index (χ3n) is 4.46. The van der Waals surface area contributed by atoms with E-state index < -0.39 is 5.54 Å². The van der Waals surface area contributed by atoms with Gasteiger partial charge in [-0.3, -0.25) is 4.79 Å². The summed E-state index contributed by atoms with van der Waals surface area (Å²) < 4.78 is 10.7. The number of ether oxygens (including phenoxy) is 2. The summed E-state index contributed by atoms with van der Waals surface area (Å²) in [7, 11) is 5.16. The highest BCUT2D eigenvalue weighted by atomic mass is 16.5. The first-order valence-electron chi connectivity index (χ1n) is 8.17. The lowest BCUT2D eigenvalue weighted by Crippen LogP contribution is -3.09. The molecule has 0 heterocycles. The zero-order chi connectivity index (χ0) is 17.7. The Morgan fingerprint density at radius 1 is 1.42 bits per heavy atom. The Kier molecular flexibility index (Phi) is 5.68. The number of likely N-dealkylation sites (N-methyl/N-ethyl adjacent to an activating group) is 1. The second-order valence-corrected chi connectivity index (χ2v) is 6.60. The molecule has 6 nitrogen and oxygen atoms in total. The number of amides is 1. The molecule has 0 saturated heterocycles. The van der Waals surface area contributed by atoms with Crippen molar-refractivity contribution in [2.24, 2.45) is 5.92 Å². The second-order valence-electron chi connectivity index (χ2n) is 6.60. The Balaban J connectivity index is 1.97. The Hall–Kier alpha value is -2.26. The fourth-order valence-electron chi connectivity index (χ4n) is 2.97. The molecule has 24 heavy (non-hydrogen) atoms. The molecule has 6 heteroatoms. The number of methoxy groups -OCH3 is 2. The summed E-state index contributed by atoms with van der Waals surface area (Å²) in [5, 5.41) is 12.2. The predicted molar refractivity (Wildman–Crippen MR) is 89.9 cm³/mol. The predicted octanol–water partition coefficient (Wildman–Crippen LogP) is 0.527. The van der Waals surface area contributed by atoms with Crippen LogP contribution in [0.5, 0.6) is 11.5 Å². The van der Waals surface area contributed by atoms with E-state index in [0.717, 1.165) is 23.3 Å². The summed E-state index contributed by atoms with van der Waals surface area (Å²) >= 11 is 0. The normalized spacial score (nSPS) is 17.3. The van der Waals surface area contributed by atoms with Crippen molar-refractivity contribution in [3.05, 3.63) is 23.8 Å². The van der Waals surface area contributed by atoms with Gasteiger partial charge in [0.25, 0.3) is 5.91 Å². The van der Waals surface area contributed by atoms with E-state index in [-0.39, 0.29) is 11.8 Å². The molecule has 1 fully saturated rings. The molecule has 2 rings (SSSR count). The van der Waals surface area contributed by atoms with Gasteiger partial charge in [-0.25, -0.2) is 0 Å². The monoisotopic (exact) mass is 332 g/mol. The Morgan fingerprint density at radius 3 is 2.67 bits per heavy atom. The molecular weight excluding hydrogens is 306 g/mol. The van der Waals surface area contributed by atoms with Gasteiger partial charge in [-0.05, 0) is 37.8 Å². The lowest BCUT2D eigenvalue weighted by Gasteiger charge is -2.24. The molecule has 0 aromatic heterocycles. The number of hydrogen-bond acceptors (Lipinski definition) is 4. The maximum Gasteiger partial charge on any atom is 0.276 e. The van der Waals surface area contributed by atoms with E-state index in [1.165, 1.54) is 0 Å². The van der Waals surface area contributed by atoms with Crippen LogP contribution in [0.25, 0.3) is 0 Å². The van der Waals surface area contributed by atoms with Crippen LogP contribution >= 0.6 is 0 Å². The lowest BCUT2D eigenvalue weighted by atomic mass is 9.98. The minimum atomic E-state index is -0.745. The maximum atomic E-state index is 12.3. The summed E-state index contributed by atoms with van der Waals surface area (Å²) in [5.74, 6) is 1.55. The molecule has 1 amide bonds. The van der Waals surface area contributed by atoms with Crippen molar-refractivity contribution in [3.8, 4) is 17.6 Å². The third kappa shape index (κ3) is 4.18. The van der Waals surface area contributed by atoms with Gasteiger partial charge in [0.05, 0.1) is 32.9 Å². The SMILES string of the molecule is COc1cccc(C[NH+](C)CC(=O)N[C@](C)(C#N)C2CC2)c1OC. The number of nitriles is 1. The highest BCUT2D eigenvalue weighted by molar-refractivity contribution is 5.78. The molecule has 2 atom stereocenters. The second kappa shape index (κ2) is 7.54. The number of carbonyl (C=O) groups is 1. The number of nitrogens with one attached hydrogen (secondary N) is 2. The number of quaternary nitrogens is 1. The summed E-state index contributed by atoms with van der Waals surface area (Å²) in [6, 6.07) is 7.97. The van der Waals surface area contributed by atoms with Crippen LogP contribution in [0.3, 0.4) is 0 Å². The summed E-state index contributed by atoms with van der Waals surface area (Å²) in [6.45, 7) is 2.73. The first-order chi connectivity index (χ1) is 11.4. The van der Waals surface area contributed by atoms with Crippen LogP contribution < -0.4 is 19.7 Å². The van der Waals surface area contributed by atoms with Gasteiger partial charge in [0, 0.05) is 0 Å². The number of hydrogen-bond donors (Lipinski definition) is 2. The average molecular weight is 332 g/mol. The van der Waals surface area contributed by atoms with Crippen LogP contribution in [0.4, 0.5) is 0 Å². The number of para-hydroxylation sites is 1. The van der Waals surface area contributed by atoms with Crippen molar-refractivity contribution in [2.75, 3.05) is 27.8 Å². The standard InChI is InChI=1S/C18H25N3O3/c1-18(12-19,14-8-9-14)20-16(22)11-21(2)10-13-6-5-7-15(23-3)17(13)24-4/h5-7,14H,8-11H2,1-4H3,(H,20,22)/p+1/t18-/m1/s1. The molecule has 0 bridgehead atoms. The highest BCUT2D eigenvalue weighted by Gasteiger charge is 2.43. The third-order valence-corrected chi connectivity index (χ3v) is 4.46. The van der Waals surface area contributed by atoms with Crippen LogP contribution in [0.15, 0.2) is 18.2 Å². The van der Waals surface area contributed by atoms with Crippen molar-refractivity contribution >= 4 is 5.91 Å². The van der Waals surface area contributed by atoms with Crippen LogP contribution in [-0.4, -0.2) is 39.3 Å². The Morgan fingerprint density at radius 2 is 2.12 bits per heavy atom. The first-order valence-corrected chi connectivity index (χ1v) is 8.17. The van der Waals surface area contributed by atoms with Crippen LogP contribution in [0.2, 0.25) is 0 Å². The number of carbonyl (C=O) groups excluding carboxylic acids is 1. The Labute approximate surface area is 143 Å². The van der Waals surface area contributed by atoms with Gasteiger partial charge in [0.2, 0.25) is 0 Å². The molecule has 2 N–H and O–H groups in total. The molecule has 1 aliphatic rings. The van der Waals surface area contributed by atoms with E-state index in [4.69, 9.17) is 9.47 Å². The van der Waals surface area contributed by atoms with E-state index in [1.54, 1.807) is 14.2 Å². The maximum absolute atomic E-state index is 12.3. The summed E-state index contributed by atoms with van der Waals surface area (Å²) in [4.78, 5) is 13.3. The topological polar surface area (TPSA) is 75.8 Å². The molecule has 1 aliphatic carbocycles. The van der Waals surface area contributed by atoms with E-state index in [1.807, 2.05) is 32.2 Å². The van der Waals surface area contributed by atoms with Crippen molar-refractivity contribution < 1.29 is 19.2 Å². The minimum Gasteiger partial charge on any atom is -0.493 e. The smallest absolute Gasteiger partial charge is 0.276 e. The van der Waals surface area contributed by atoms with Gasteiger partial charge in [0.1, 0.15) is 12.1 Å². The van der Waals surface area contributed by atoms with Crippen molar-refractivity contribution in [1.82, 2.24) is 5.32 Å². The molecule has 0 aliphatic heterocycles. The molecule has 1 unspecified atom stereocenters. The molecule has 1 aromatic rings. The van der Waals surface area contributed by atoms with Gasteiger partial charge >= 0.3 is 0 Å². The zero-order valence-corrected chi connectivity index (χ0v) is 14.8. The van der Waals surface area contributed by atoms with Crippen molar-refractivity contribution in [3.63, 3.8) is 0 Å². The molecule has 0 radical (unpaired) electrons. The number of nitrogens with zero attached hydrogens (tertiary/aromatic N) is 1. The highest BCUT2D eigenvalue weighted by Crippen LogP contribution is 2.39. The van der Waals surface area contributed by atoms with Gasteiger partial charge in [-0.15, -0.1) is 0 Å². The van der Waals surface area contributed by atoms with Crippen LogP contribution in [0, 0.1) is 17.2 Å². The number of rotatable bonds is 8. The summed E-state index contributed by atoms with van der Waals surface area (Å²) in [6.07, 6.45) is 2.02. The van der Waals surface area contributed by atoms with E-state index >= 15 is 0 Å². The van der Waals surface area contributed by atoms with Crippen molar-refractivity contribution in [1.29, 1.82) is 5.26 Å².